The molecule has 0 saturated heterocycles. The van der Waals surface area contributed by atoms with Crippen LogP contribution in [0.2, 0.25) is 0 Å². The van der Waals surface area contributed by atoms with Crippen molar-refractivity contribution in [3.8, 4) is 5.75 Å². The summed E-state index contributed by atoms with van der Waals surface area (Å²) in [5, 5.41) is 43.1. The van der Waals surface area contributed by atoms with Crippen molar-refractivity contribution in [2.75, 3.05) is 26.8 Å². The van der Waals surface area contributed by atoms with Gasteiger partial charge < -0.3 is 62.5 Å². The van der Waals surface area contributed by atoms with Crippen molar-refractivity contribution in [1.29, 1.82) is 0 Å². The van der Waals surface area contributed by atoms with Crippen LogP contribution < -0.4 is 42.5 Å². The van der Waals surface area contributed by atoms with Gasteiger partial charge in [-0.2, -0.15) is 0 Å². The second-order valence-electron chi connectivity index (χ2n) is 16.0. The second kappa shape index (κ2) is 25.0. The molecule has 0 spiro atoms. The molecule has 3 heterocycles. The Morgan fingerprint density at radius 1 is 0.985 bits per heavy atom. The lowest BCUT2D eigenvalue weighted by atomic mass is 9.94. The quantitative estimate of drug-likeness (QED) is 0.0677. The molecule has 0 saturated carbocycles. The average Bonchev–Trinajstić information content (AvgIpc) is 3.90. The minimum absolute atomic E-state index is 0.0670. The lowest BCUT2D eigenvalue weighted by molar-refractivity contribution is -0.142. The van der Waals surface area contributed by atoms with Crippen LogP contribution in [0.25, 0.3) is 17.0 Å². The van der Waals surface area contributed by atoms with Crippen LogP contribution in [0.3, 0.4) is 0 Å². The monoisotopic (exact) mass is 1020 g/mol. The van der Waals surface area contributed by atoms with E-state index in [1.54, 1.807) is 39.1 Å². The Morgan fingerprint density at radius 3 is 2.39 bits per heavy atom. The van der Waals surface area contributed by atoms with E-state index in [1.807, 2.05) is 0 Å². The van der Waals surface area contributed by atoms with Gasteiger partial charge in [-0.1, -0.05) is 40.5 Å². The molecule has 8 amide bonds. The number of H-pyrrole nitrogens is 1. The van der Waals surface area contributed by atoms with Crippen LogP contribution in [0.5, 0.6) is 5.75 Å². The van der Waals surface area contributed by atoms with E-state index in [4.69, 9.17) is 4.74 Å². The fraction of sp³-hybridized carbons (Fsp3) is 0.488. The van der Waals surface area contributed by atoms with Gasteiger partial charge in [0.05, 0.1) is 29.5 Å². The minimum atomic E-state index is -1.74. The summed E-state index contributed by atoms with van der Waals surface area (Å²) < 4.78 is 5.74. The third-order valence-electron chi connectivity index (χ3n) is 11.1. The number of thiazole rings is 1. The number of carbonyl (C=O) groups is 9. The summed E-state index contributed by atoms with van der Waals surface area (Å²) in [6, 6.07) is -3.51. The molecule has 67 heavy (non-hydrogen) atoms. The Kier molecular flexibility index (Phi) is 20.0. The number of hydrogen-bond acceptors (Lipinski definition) is 14. The molecule has 4 rings (SSSR count). The second-order valence-corrected chi connectivity index (χ2v) is 17.7. The van der Waals surface area contributed by atoms with Gasteiger partial charge in [0.15, 0.2) is 0 Å². The zero-order valence-electron chi connectivity index (χ0n) is 37.7. The molecule has 11 N–H and O–H groups in total. The number of aromatic amines is 1. The summed E-state index contributed by atoms with van der Waals surface area (Å²) in [5.74, 6) is -8.64. The summed E-state index contributed by atoms with van der Waals surface area (Å²) in [6.45, 7) is 6.84. The molecule has 0 aliphatic carbocycles. The number of fused-ring (bicyclic) bond motifs is 3. The Morgan fingerprint density at radius 2 is 1.72 bits per heavy atom. The van der Waals surface area contributed by atoms with Crippen molar-refractivity contribution in [3.63, 3.8) is 0 Å². The number of benzene rings is 1. The van der Waals surface area contributed by atoms with Crippen molar-refractivity contribution in [1.82, 2.24) is 52.5 Å². The van der Waals surface area contributed by atoms with Gasteiger partial charge in [-0.3, -0.25) is 43.2 Å². The SMILES string of the molecule is CCC(C)C(NC(=O)C(O)CNC=O)C(=O)NC1CNC(=O)C(Cc2c(Br)[nH]c3ccc(O)cc23)NC(=O)C=Cc2csc(n2)C(COC)NC(=O)C(=O)C(C(C)CC)NC(=O)C(C)NC1=O. The number of phenolic OH excluding ortho intramolecular Hbond substituents is 1. The van der Waals surface area contributed by atoms with E-state index >= 15 is 0 Å². The zero-order chi connectivity index (χ0) is 49.5. The molecule has 9 unspecified atom stereocenters. The predicted molar refractivity (Wildman–Crippen MR) is 248 cm³/mol. The number of carbonyl (C=O) groups excluding carboxylic acids is 9. The molecular weight excluding hydrogens is 961 g/mol. The summed E-state index contributed by atoms with van der Waals surface area (Å²) in [7, 11) is 1.39. The van der Waals surface area contributed by atoms with E-state index < -0.39 is 114 Å². The summed E-state index contributed by atoms with van der Waals surface area (Å²) >= 11 is 4.58. The Hall–Kier alpha value is -6.24. The number of ketones is 1. The normalized spacial score (nSPS) is 22.0. The maximum atomic E-state index is 14.2. The third-order valence-corrected chi connectivity index (χ3v) is 12.8. The number of aliphatic hydroxyl groups excluding tert-OH is 1. The van der Waals surface area contributed by atoms with Gasteiger partial charge in [-0.25, -0.2) is 4.98 Å². The van der Waals surface area contributed by atoms with Crippen molar-refractivity contribution in [3.05, 3.63) is 50.5 Å². The van der Waals surface area contributed by atoms with Crippen LogP contribution in [0, 0.1) is 11.8 Å². The van der Waals surface area contributed by atoms with Crippen molar-refractivity contribution < 1.29 is 58.1 Å². The zero-order valence-corrected chi connectivity index (χ0v) is 40.1. The molecular formula is C43H57BrN10O12S. The first-order valence-electron chi connectivity index (χ1n) is 21.4. The molecule has 3 aromatic rings. The lowest BCUT2D eigenvalue weighted by Gasteiger charge is -2.29. The smallest absolute Gasteiger partial charge is 0.290 e. The van der Waals surface area contributed by atoms with E-state index in [2.05, 4.69) is 68.4 Å². The number of halogens is 1. The van der Waals surface area contributed by atoms with Crippen LogP contribution in [0.15, 0.2) is 34.3 Å². The fourth-order valence-corrected chi connectivity index (χ4v) is 8.22. The highest BCUT2D eigenvalue weighted by atomic mass is 79.9. The maximum Gasteiger partial charge on any atom is 0.290 e. The van der Waals surface area contributed by atoms with E-state index in [0.717, 1.165) is 17.4 Å². The molecule has 1 aliphatic heterocycles. The van der Waals surface area contributed by atoms with Gasteiger partial charge in [0.2, 0.25) is 41.7 Å². The van der Waals surface area contributed by atoms with E-state index in [0.29, 0.717) is 38.9 Å². The molecule has 0 radical (unpaired) electrons. The van der Waals surface area contributed by atoms with Crippen LogP contribution in [-0.4, -0.2) is 137 Å². The first-order chi connectivity index (χ1) is 31.8. The van der Waals surface area contributed by atoms with Crippen molar-refractivity contribution in [2.45, 2.75) is 96.2 Å². The number of Topliss-reactive ketones (excluding diaryl/α,β-unsaturated/α-hetero) is 1. The number of phenols is 1. The van der Waals surface area contributed by atoms with Crippen LogP contribution in [0.1, 0.15) is 69.8 Å². The largest absolute Gasteiger partial charge is 0.508 e. The minimum Gasteiger partial charge on any atom is -0.508 e. The third kappa shape index (κ3) is 14.6. The predicted octanol–water partition coefficient (Wildman–Crippen LogP) is -0.506. The molecule has 0 fully saturated rings. The highest BCUT2D eigenvalue weighted by Gasteiger charge is 2.36. The molecule has 364 valence electrons. The van der Waals surface area contributed by atoms with Crippen LogP contribution >= 0.6 is 27.3 Å². The molecule has 2 aromatic heterocycles. The number of aromatic hydroxyl groups is 1. The number of aromatic nitrogens is 2. The average molecular weight is 1020 g/mol. The number of aliphatic hydroxyl groups is 1. The Bertz CT molecular complexity index is 2340. The molecule has 2 bridgehead atoms. The molecule has 22 nitrogen and oxygen atoms in total. The fourth-order valence-electron chi connectivity index (χ4n) is 6.81. The van der Waals surface area contributed by atoms with Crippen LogP contribution in [0.4, 0.5) is 0 Å². The number of nitrogens with zero attached hydrogens (tertiary/aromatic N) is 1. The molecule has 9 atom stereocenters. The van der Waals surface area contributed by atoms with Gasteiger partial charge in [0.1, 0.15) is 47.1 Å². The first kappa shape index (κ1) is 53.4. The summed E-state index contributed by atoms with van der Waals surface area (Å²) in [5.41, 5.74) is 1.37. The Labute approximate surface area is 398 Å². The van der Waals surface area contributed by atoms with Gasteiger partial charge in [-0.05, 0) is 64.5 Å². The van der Waals surface area contributed by atoms with Gasteiger partial charge >= 0.3 is 0 Å². The highest BCUT2D eigenvalue weighted by Crippen LogP contribution is 2.30. The van der Waals surface area contributed by atoms with Gasteiger partial charge in [0.25, 0.3) is 11.8 Å². The van der Waals surface area contributed by atoms with Gasteiger partial charge in [0, 0.05) is 42.4 Å². The van der Waals surface area contributed by atoms with Crippen molar-refractivity contribution >= 4 is 97.8 Å². The number of hydrogen-bond donors (Lipinski definition) is 11. The van der Waals surface area contributed by atoms with Gasteiger partial charge in [-0.15, -0.1) is 11.3 Å². The number of ether oxygens (including phenoxy) is 1. The highest BCUT2D eigenvalue weighted by molar-refractivity contribution is 9.10. The van der Waals surface area contributed by atoms with Crippen LogP contribution in [-0.2, 0) is 54.3 Å². The van der Waals surface area contributed by atoms with E-state index in [9.17, 15) is 53.4 Å². The topological polar surface area (TPSA) is 328 Å². The van der Waals surface area contributed by atoms with E-state index in [1.165, 1.54) is 32.2 Å². The number of methoxy groups -OCH3 is 1. The number of amides is 8. The molecule has 1 aromatic carbocycles. The summed E-state index contributed by atoms with van der Waals surface area (Å²) in [4.78, 5) is 128. The number of nitrogens with one attached hydrogen (secondary N) is 9. The standard InChI is InChI=1S/C43H57BrN10O12S/c1-7-20(3)33-35(59)42(65)52-30(17-66-6)43-48-23(18-67-43)9-12-32(58)49-28(14-26-25-13-24(56)10-11-27(25)50-36(26)44)38(61)46-15-29(39(62)47-22(5)37(60)53-33)51-41(64)34(21(4)8-2)54-40(63)31(57)16-45-19-55/h9-13,18-22,28-31,33-34,50,56-57H,7-8,14-17H2,1-6H3,(H,45,55)(H,46,61)(H,47,62)(H,49,58)(H,51,64)(H,52,65)(H,53,60)(H,54,63). The number of rotatable bonds is 15. The van der Waals surface area contributed by atoms with Crippen molar-refractivity contribution in [2.24, 2.45) is 11.8 Å². The Balaban J connectivity index is 1.77. The maximum absolute atomic E-state index is 14.2. The summed E-state index contributed by atoms with van der Waals surface area (Å²) in [6.07, 6.45) is 1.54. The van der Waals surface area contributed by atoms with E-state index in [-0.39, 0.29) is 30.9 Å². The lowest BCUT2D eigenvalue weighted by Crippen LogP contribution is -2.62. The molecule has 1 aliphatic rings. The first-order valence-corrected chi connectivity index (χ1v) is 23.1. The molecule has 24 heteroatoms.